The van der Waals surface area contributed by atoms with Gasteiger partial charge in [-0.15, -0.1) is 0 Å². The molecule has 0 saturated carbocycles. The largest absolute Gasteiger partial charge is 0.497 e. The first-order chi connectivity index (χ1) is 18.6. The van der Waals surface area contributed by atoms with Gasteiger partial charge < -0.3 is 19.4 Å². The zero-order valence-corrected chi connectivity index (χ0v) is 21.2. The first kappa shape index (κ1) is 24.8. The number of ether oxygens (including phenoxy) is 1. The number of nitrogens with zero attached hydrogens (tertiary/aromatic N) is 3. The van der Waals surface area contributed by atoms with Crippen LogP contribution in [0.15, 0.2) is 106 Å². The van der Waals surface area contributed by atoms with E-state index in [1.165, 1.54) is 0 Å². The topological polar surface area (TPSA) is 89.6 Å². The van der Waals surface area contributed by atoms with Gasteiger partial charge in [-0.05, 0) is 67.1 Å². The molecule has 1 unspecified atom stereocenters. The highest BCUT2D eigenvalue weighted by Crippen LogP contribution is 2.29. The molecular weight excluding hydrogens is 480 g/mol. The molecule has 5 rings (SSSR count). The molecule has 2 aromatic heterocycles. The number of nitrogens with one attached hydrogen (secondary N) is 1. The van der Waals surface area contributed by atoms with E-state index in [0.29, 0.717) is 46.0 Å². The Bertz CT molecular complexity index is 1580. The number of aromatic nitrogens is 2. The van der Waals surface area contributed by atoms with Crippen molar-refractivity contribution in [3.05, 3.63) is 119 Å². The molecule has 0 aliphatic carbocycles. The molecular formula is C30H28N4O4. The van der Waals surface area contributed by atoms with E-state index in [1.807, 2.05) is 73.7 Å². The molecule has 0 bridgehead atoms. The lowest BCUT2D eigenvalue weighted by Gasteiger charge is -2.32. The van der Waals surface area contributed by atoms with Gasteiger partial charge in [0.2, 0.25) is 0 Å². The van der Waals surface area contributed by atoms with Crippen LogP contribution in [0, 0.1) is 0 Å². The lowest BCUT2D eigenvalue weighted by Crippen LogP contribution is -2.40. The van der Waals surface area contributed by atoms with Crippen molar-refractivity contribution in [2.24, 2.45) is 0 Å². The van der Waals surface area contributed by atoms with Crippen LogP contribution in [0.1, 0.15) is 31.0 Å². The van der Waals surface area contributed by atoms with Crippen LogP contribution in [-0.2, 0) is 6.54 Å². The van der Waals surface area contributed by atoms with Gasteiger partial charge >= 0.3 is 6.03 Å². The summed E-state index contributed by atoms with van der Waals surface area (Å²) in [6, 6.07) is 26.4. The Hall–Kier alpha value is -4.85. The number of anilines is 1. The summed E-state index contributed by atoms with van der Waals surface area (Å²) in [7, 11) is 1.59. The third kappa shape index (κ3) is 5.01. The average Bonchev–Trinajstić information content (AvgIpc) is 3.47. The second-order valence-corrected chi connectivity index (χ2v) is 8.75. The fourth-order valence-corrected chi connectivity index (χ4v) is 4.51. The number of fused-ring (bicyclic) bond motifs is 1. The van der Waals surface area contributed by atoms with Crippen molar-refractivity contribution in [2.45, 2.75) is 25.9 Å². The minimum Gasteiger partial charge on any atom is -0.497 e. The second kappa shape index (κ2) is 11.0. The summed E-state index contributed by atoms with van der Waals surface area (Å²) in [6.45, 7) is 2.16. The number of hydrogen-bond donors (Lipinski definition) is 1. The average molecular weight is 509 g/mol. The lowest BCUT2D eigenvalue weighted by atomic mass is 10.1. The summed E-state index contributed by atoms with van der Waals surface area (Å²) in [5.41, 5.74) is 1.65. The third-order valence-electron chi connectivity index (χ3n) is 6.39. The minimum absolute atomic E-state index is 0.190. The molecule has 2 heterocycles. The molecule has 5 aromatic rings. The number of amides is 2. The summed E-state index contributed by atoms with van der Waals surface area (Å²) in [6.07, 6.45) is 2.08. The maximum absolute atomic E-state index is 13.9. The molecule has 2 amide bonds. The number of benzene rings is 3. The molecule has 0 aliphatic heterocycles. The summed E-state index contributed by atoms with van der Waals surface area (Å²) in [5.74, 6) is 1.74. The normalized spacial score (nSPS) is 11.7. The van der Waals surface area contributed by atoms with Gasteiger partial charge in [0.15, 0.2) is 0 Å². The number of urea groups is 1. The SMILES string of the molecule is CCC(c1nc2ccccc2c(=O)n1-c1ccc(OC)cc1)N(Cc1ccco1)C(=O)Nc1ccccc1. The number of carbonyl (C=O) groups is 1. The van der Waals surface area contributed by atoms with Crippen molar-refractivity contribution < 1.29 is 13.9 Å². The number of rotatable bonds is 8. The second-order valence-electron chi connectivity index (χ2n) is 8.75. The predicted octanol–water partition coefficient (Wildman–Crippen LogP) is 6.17. The smallest absolute Gasteiger partial charge is 0.322 e. The maximum Gasteiger partial charge on any atom is 0.322 e. The van der Waals surface area contributed by atoms with Crippen LogP contribution in [0.4, 0.5) is 10.5 Å². The van der Waals surface area contributed by atoms with E-state index in [1.54, 1.807) is 47.1 Å². The molecule has 0 fully saturated rings. The van der Waals surface area contributed by atoms with Crippen LogP contribution < -0.4 is 15.6 Å². The van der Waals surface area contributed by atoms with E-state index in [2.05, 4.69) is 5.32 Å². The number of methoxy groups -OCH3 is 1. The summed E-state index contributed by atoms with van der Waals surface area (Å²) < 4.78 is 12.5. The molecule has 8 heteroatoms. The molecule has 3 aromatic carbocycles. The molecule has 1 atom stereocenters. The van der Waals surface area contributed by atoms with Crippen LogP contribution in [0.3, 0.4) is 0 Å². The molecule has 0 spiro atoms. The van der Waals surface area contributed by atoms with E-state index in [0.717, 1.165) is 0 Å². The predicted molar refractivity (Wildman–Crippen MR) is 147 cm³/mol. The van der Waals surface area contributed by atoms with Crippen LogP contribution in [-0.4, -0.2) is 27.6 Å². The van der Waals surface area contributed by atoms with Gasteiger partial charge in [-0.1, -0.05) is 37.3 Å². The van der Waals surface area contributed by atoms with Crippen molar-refractivity contribution >= 4 is 22.6 Å². The molecule has 1 N–H and O–H groups in total. The fraction of sp³-hybridized carbons (Fsp3) is 0.167. The number of furan rings is 1. The van der Waals surface area contributed by atoms with Crippen molar-refractivity contribution in [3.8, 4) is 11.4 Å². The Kier molecular flexibility index (Phi) is 7.21. The molecule has 0 radical (unpaired) electrons. The minimum atomic E-state index is -0.553. The van der Waals surface area contributed by atoms with E-state index in [-0.39, 0.29) is 18.1 Å². The zero-order chi connectivity index (χ0) is 26.5. The van der Waals surface area contributed by atoms with Gasteiger partial charge in [-0.25, -0.2) is 9.78 Å². The maximum atomic E-state index is 13.9. The van der Waals surface area contributed by atoms with Crippen molar-refractivity contribution in [1.82, 2.24) is 14.5 Å². The highest BCUT2D eigenvalue weighted by atomic mass is 16.5. The summed E-state index contributed by atoms with van der Waals surface area (Å²) in [5, 5.41) is 3.47. The van der Waals surface area contributed by atoms with Crippen LogP contribution in [0.5, 0.6) is 5.75 Å². The Balaban J connectivity index is 1.67. The zero-order valence-electron chi connectivity index (χ0n) is 21.2. The van der Waals surface area contributed by atoms with Gasteiger partial charge in [-0.2, -0.15) is 0 Å². The number of para-hydroxylation sites is 2. The highest BCUT2D eigenvalue weighted by Gasteiger charge is 2.30. The third-order valence-corrected chi connectivity index (χ3v) is 6.39. The fourth-order valence-electron chi connectivity index (χ4n) is 4.51. The van der Waals surface area contributed by atoms with E-state index >= 15 is 0 Å². The Morgan fingerprint density at radius 1 is 1.00 bits per heavy atom. The van der Waals surface area contributed by atoms with Gasteiger partial charge in [0.1, 0.15) is 17.3 Å². The first-order valence-electron chi connectivity index (χ1n) is 12.4. The number of carbonyl (C=O) groups excluding carboxylic acids is 1. The lowest BCUT2D eigenvalue weighted by molar-refractivity contribution is 0.170. The van der Waals surface area contributed by atoms with E-state index in [4.69, 9.17) is 14.1 Å². The van der Waals surface area contributed by atoms with Crippen LogP contribution in [0.2, 0.25) is 0 Å². The molecule has 0 saturated heterocycles. The van der Waals surface area contributed by atoms with Crippen molar-refractivity contribution in [1.29, 1.82) is 0 Å². The van der Waals surface area contributed by atoms with Crippen LogP contribution in [0.25, 0.3) is 16.6 Å². The van der Waals surface area contributed by atoms with Gasteiger partial charge in [0, 0.05) is 5.69 Å². The Labute approximate surface area is 220 Å². The quantitative estimate of drug-likeness (QED) is 0.271. The monoisotopic (exact) mass is 508 g/mol. The Morgan fingerprint density at radius 2 is 1.74 bits per heavy atom. The highest BCUT2D eigenvalue weighted by molar-refractivity contribution is 5.89. The molecule has 0 aliphatic rings. The molecule has 192 valence electrons. The standard InChI is InChI=1S/C30H28N4O4/c1-3-27(33(20-24-12-9-19-38-24)30(36)31-21-10-5-4-6-11-21)28-32-26-14-8-7-13-25(26)29(35)34(28)22-15-17-23(37-2)18-16-22/h4-19,27H,3,20H2,1-2H3,(H,31,36). The van der Waals surface area contributed by atoms with Gasteiger partial charge in [0.05, 0.1) is 42.5 Å². The molecule has 8 nitrogen and oxygen atoms in total. The van der Waals surface area contributed by atoms with E-state index in [9.17, 15) is 9.59 Å². The van der Waals surface area contributed by atoms with Crippen molar-refractivity contribution in [2.75, 3.05) is 12.4 Å². The van der Waals surface area contributed by atoms with Crippen LogP contribution >= 0.6 is 0 Å². The first-order valence-corrected chi connectivity index (χ1v) is 12.4. The van der Waals surface area contributed by atoms with Gasteiger partial charge in [-0.3, -0.25) is 9.36 Å². The number of hydrogen-bond acceptors (Lipinski definition) is 5. The van der Waals surface area contributed by atoms with Gasteiger partial charge in [0.25, 0.3) is 5.56 Å². The van der Waals surface area contributed by atoms with E-state index < -0.39 is 6.04 Å². The summed E-state index contributed by atoms with van der Waals surface area (Å²) >= 11 is 0. The van der Waals surface area contributed by atoms with Crippen molar-refractivity contribution in [3.63, 3.8) is 0 Å². The molecule has 38 heavy (non-hydrogen) atoms. The Morgan fingerprint density at radius 3 is 2.42 bits per heavy atom. The summed E-state index contributed by atoms with van der Waals surface area (Å²) in [4.78, 5) is 34.2.